The number of carbonyl (C=O) groups excluding carboxylic acids is 2. The van der Waals surface area contributed by atoms with Gasteiger partial charge in [-0.3, -0.25) is 14.3 Å². The molecule has 0 fully saturated rings. The van der Waals surface area contributed by atoms with E-state index in [0.717, 1.165) is 18.4 Å². The summed E-state index contributed by atoms with van der Waals surface area (Å²) in [5.74, 6) is -0.697. The summed E-state index contributed by atoms with van der Waals surface area (Å²) in [6, 6.07) is 10.1. The topological polar surface area (TPSA) is 90.0 Å². The SMILES string of the molecule is C/C(=C\C(=O)Nc1cnn(CC(N)=O)c1)CCc1ccccc1. The molecule has 0 aliphatic carbocycles. The van der Waals surface area contributed by atoms with Crippen LogP contribution in [0.15, 0.2) is 54.4 Å². The van der Waals surface area contributed by atoms with Crippen LogP contribution in [0.2, 0.25) is 0 Å². The number of hydrogen-bond acceptors (Lipinski definition) is 3. The fraction of sp³-hybridized carbons (Fsp3) is 0.235. The first-order chi connectivity index (χ1) is 11.0. The second-order valence-corrected chi connectivity index (χ2v) is 5.36. The lowest BCUT2D eigenvalue weighted by molar-refractivity contribution is -0.118. The number of hydrogen-bond donors (Lipinski definition) is 2. The first kappa shape index (κ1) is 16.5. The van der Waals surface area contributed by atoms with E-state index < -0.39 is 5.91 Å². The predicted molar refractivity (Wildman–Crippen MR) is 88.6 cm³/mol. The molecule has 1 heterocycles. The van der Waals surface area contributed by atoms with Gasteiger partial charge in [0.1, 0.15) is 6.54 Å². The van der Waals surface area contributed by atoms with Crippen LogP contribution in [-0.2, 0) is 22.6 Å². The lowest BCUT2D eigenvalue weighted by atomic mass is 10.1. The summed E-state index contributed by atoms with van der Waals surface area (Å²) in [4.78, 5) is 22.7. The van der Waals surface area contributed by atoms with Crippen LogP contribution >= 0.6 is 0 Å². The van der Waals surface area contributed by atoms with Crippen LogP contribution in [0, 0.1) is 0 Å². The zero-order valence-corrected chi connectivity index (χ0v) is 13.0. The largest absolute Gasteiger partial charge is 0.368 e. The van der Waals surface area contributed by atoms with Crippen LogP contribution in [0.1, 0.15) is 18.9 Å². The Hall–Kier alpha value is -2.89. The third-order valence-corrected chi connectivity index (χ3v) is 3.25. The number of benzene rings is 1. The van der Waals surface area contributed by atoms with E-state index in [1.54, 1.807) is 12.3 Å². The number of allylic oxidation sites excluding steroid dienone is 1. The molecule has 6 nitrogen and oxygen atoms in total. The molecule has 6 heteroatoms. The molecule has 0 aliphatic heterocycles. The number of amides is 2. The van der Waals surface area contributed by atoms with Crippen molar-refractivity contribution in [1.82, 2.24) is 9.78 Å². The van der Waals surface area contributed by atoms with Crippen molar-refractivity contribution in [2.24, 2.45) is 5.73 Å². The van der Waals surface area contributed by atoms with Gasteiger partial charge in [0.15, 0.2) is 0 Å². The highest BCUT2D eigenvalue weighted by Crippen LogP contribution is 2.10. The maximum atomic E-state index is 11.9. The van der Waals surface area contributed by atoms with Crippen LogP contribution in [0.25, 0.3) is 0 Å². The van der Waals surface area contributed by atoms with E-state index in [0.29, 0.717) is 5.69 Å². The van der Waals surface area contributed by atoms with Crippen molar-refractivity contribution in [2.75, 3.05) is 5.32 Å². The zero-order chi connectivity index (χ0) is 16.7. The summed E-state index contributed by atoms with van der Waals surface area (Å²) in [5.41, 5.74) is 7.86. The number of aryl methyl sites for hydroxylation is 1. The molecule has 0 bridgehead atoms. The Morgan fingerprint density at radius 1 is 1.30 bits per heavy atom. The quantitative estimate of drug-likeness (QED) is 0.765. The highest BCUT2D eigenvalue weighted by Gasteiger charge is 2.04. The Balaban J connectivity index is 1.85. The third-order valence-electron chi connectivity index (χ3n) is 3.25. The summed E-state index contributed by atoms with van der Waals surface area (Å²) in [5, 5.41) is 6.66. The normalized spacial score (nSPS) is 11.3. The molecule has 23 heavy (non-hydrogen) atoms. The van der Waals surface area contributed by atoms with Crippen molar-refractivity contribution < 1.29 is 9.59 Å². The average molecular weight is 312 g/mol. The van der Waals surface area contributed by atoms with E-state index in [1.807, 2.05) is 25.1 Å². The van der Waals surface area contributed by atoms with E-state index in [2.05, 4.69) is 22.5 Å². The Morgan fingerprint density at radius 3 is 2.74 bits per heavy atom. The maximum Gasteiger partial charge on any atom is 0.248 e. The van der Waals surface area contributed by atoms with Gasteiger partial charge in [-0.2, -0.15) is 5.10 Å². The maximum absolute atomic E-state index is 11.9. The number of nitrogens with two attached hydrogens (primary N) is 1. The molecule has 0 radical (unpaired) electrons. The van der Waals surface area contributed by atoms with Gasteiger partial charge in [-0.15, -0.1) is 0 Å². The van der Waals surface area contributed by atoms with Crippen LogP contribution in [0.4, 0.5) is 5.69 Å². The fourth-order valence-electron chi connectivity index (χ4n) is 2.13. The van der Waals surface area contributed by atoms with Crippen LogP contribution in [-0.4, -0.2) is 21.6 Å². The molecule has 120 valence electrons. The van der Waals surface area contributed by atoms with Crippen LogP contribution in [0.3, 0.4) is 0 Å². The van der Waals surface area contributed by atoms with Gasteiger partial charge in [-0.25, -0.2) is 0 Å². The van der Waals surface area contributed by atoms with E-state index in [4.69, 9.17) is 5.73 Å². The van der Waals surface area contributed by atoms with Gasteiger partial charge in [0.25, 0.3) is 0 Å². The third kappa shape index (κ3) is 5.78. The minimum absolute atomic E-state index is 0.0121. The fourth-order valence-corrected chi connectivity index (χ4v) is 2.13. The monoisotopic (exact) mass is 312 g/mol. The van der Waals surface area contributed by atoms with Crippen molar-refractivity contribution in [2.45, 2.75) is 26.3 Å². The Bertz CT molecular complexity index is 704. The van der Waals surface area contributed by atoms with Crippen molar-refractivity contribution in [3.63, 3.8) is 0 Å². The second kappa shape index (κ2) is 7.93. The lowest BCUT2D eigenvalue weighted by Crippen LogP contribution is -2.18. The van der Waals surface area contributed by atoms with Gasteiger partial charge >= 0.3 is 0 Å². The molecule has 3 N–H and O–H groups in total. The van der Waals surface area contributed by atoms with Crippen LogP contribution < -0.4 is 11.1 Å². The lowest BCUT2D eigenvalue weighted by Gasteiger charge is -2.03. The summed E-state index contributed by atoms with van der Waals surface area (Å²) >= 11 is 0. The standard InChI is InChI=1S/C17H20N4O2/c1-13(7-8-14-5-3-2-4-6-14)9-17(23)20-15-10-19-21(11-15)12-16(18)22/h2-6,9-11H,7-8,12H2,1H3,(H2,18,22)(H,20,23)/b13-9+. The molecule has 0 unspecified atom stereocenters. The van der Waals surface area contributed by atoms with Gasteiger partial charge in [0.2, 0.25) is 11.8 Å². The first-order valence-corrected chi connectivity index (χ1v) is 7.36. The smallest absolute Gasteiger partial charge is 0.248 e. The van der Waals surface area contributed by atoms with E-state index in [-0.39, 0.29) is 12.5 Å². The van der Waals surface area contributed by atoms with Gasteiger partial charge < -0.3 is 11.1 Å². The second-order valence-electron chi connectivity index (χ2n) is 5.36. The Kier molecular flexibility index (Phi) is 5.68. The summed E-state index contributed by atoms with van der Waals surface area (Å²) in [7, 11) is 0. The van der Waals surface area contributed by atoms with Crippen molar-refractivity contribution in [3.8, 4) is 0 Å². The first-order valence-electron chi connectivity index (χ1n) is 7.36. The minimum atomic E-state index is -0.484. The van der Waals surface area contributed by atoms with Gasteiger partial charge in [0.05, 0.1) is 11.9 Å². The Morgan fingerprint density at radius 2 is 2.04 bits per heavy atom. The highest BCUT2D eigenvalue weighted by atomic mass is 16.2. The molecule has 2 amide bonds. The average Bonchev–Trinajstić information content (AvgIpc) is 2.92. The van der Waals surface area contributed by atoms with Gasteiger partial charge in [-0.1, -0.05) is 35.9 Å². The van der Waals surface area contributed by atoms with E-state index in [1.165, 1.54) is 16.4 Å². The minimum Gasteiger partial charge on any atom is -0.368 e. The molecule has 1 aromatic carbocycles. The number of anilines is 1. The molecule has 0 atom stereocenters. The zero-order valence-electron chi connectivity index (χ0n) is 13.0. The Labute approximate surface area is 135 Å². The molecule has 2 rings (SSSR count). The number of primary amides is 1. The molecule has 1 aromatic heterocycles. The van der Waals surface area contributed by atoms with E-state index in [9.17, 15) is 9.59 Å². The summed E-state index contributed by atoms with van der Waals surface area (Å²) in [6.45, 7) is 1.92. The van der Waals surface area contributed by atoms with Crippen molar-refractivity contribution in [1.29, 1.82) is 0 Å². The molecule has 2 aromatic rings. The van der Waals surface area contributed by atoms with Gasteiger partial charge in [0, 0.05) is 12.3 Å². The molecule has 0 spiro atoms. The molecular weight excluding hydrogens is 292 g/mol. The highest BCUT2D eigenvalue weighted by molar-refractivity contribution is 5.99. The molecule has 0 aliphatic rings. The van der Waals surface area contributed by atoms with Crippen molar-refractivity contribution >= 4 is 17.5 Å². The molecule has 0 saturated carbocycles. The van der Waals surface area contributed by atoms with E-state index >= 15 is 0 Å². The summed E-state index contributed by atoms with van der Waals surface area (Å²) in [6.07, 6.45) is 6.34. The number of aromatic nitrogens is 2. The predicted octanol–water partition coefficient (Wildman–Crippen LogP) is 1.89. The summed E-state index contributed by atoms with van der Waals surface area (Å²) < 4.78 is 1.38. The van der Waals surface area contributed by atoms with Crippen LogP contribution in [0.5, 0.6) is 0 Å². The van der Waals surface area contributed by atoms with Crippen molar-refractivity contribution in [3.05, 3.63) is 59.9 Å². The number of nitrogens with zero attached hydrogens (tertiary/aromatic N) is 2. The van der Waals surface area contributed by atoms with Gasteiger partial charge in [-0.05, 0) is 25.3 Å². The number of carbonyl (C=O) groups is 2. The number of nitrogens with one attached hydrogen (secondary N) is 1. The molecule has 0 saturated heterocycles. The molecular formula is C17H20N4O2. The number of rotatable bonds is 7.